The molecular formula is C16H16N2O5S2. The quantitative estimate of drug-likeness (QED) is 0.404. The van der Waals surface area contributed by atoms with Gasteiger partial charge in [-0.2, -0.15) is 0 Å². The van der Waals surface area contributed by atoms with Crippen molar-refractivity contribution in [1.29, 1.82) is 0 Å². The van der Waals surface area contributed by atoms with Crippen LogP contribution in [-0.4, -0.2) is 43.5 Å². The molecule has 3 N–H and O–H groups in total. The summed E-state index contributed by atoms with van der Waals surface area (Å²) in [5, 5.41) is 20.1. The summed E-state index contributed by atoms with van der Waals surface area (Å²) in [6.45, 7) is -0.522. The predicted octanol–water partition coefficient (Wildman–Crippen LogP) is 0.780. The lowest BCUT2D eigenvalue weighted by molar-refractivity contribution is -0.137. The fourth-order valence-corrected chi connectivity index (χ4v) is 3.43. The lowest BCUT2D eigenvalue weighted by Crippen LogP contribution is -2.44. The van der Waals surface area contributed by atoms with Crippen LogP contribution in [0.4, 0.5) is 5.69 Å². The van der Waals surface area contributed by atoms with Crippen LogP contribution in [0.5, 0.6) is 0 Å². The topological polar surface area (TPSA) is 107 Å². The minimum absolute atomic E-state index is 0.272. The average molecular weight is 380 g/mol. The molecule has 0 unspecified atom stereocenters. The second-order valence-corrected chi connectivity index (χ2v) is 7.91. The van der Waals surface area contributed by atoms with Gasteiger partial charge >= 0.3 is 0 Å². The third kappa shape index (κ3) is 5.30. The average Bonchev–Trinajstić information content (AvgIpc) is 3.10. The molecule has 132 valence electrons. The Morgan fingerprint density at radius 3 is 2.48 bits per heavy atom. The first kappa shape index (κ1) is 19.0. The van der Waals surface area contributed by atoms with Crippen molar-refractivity contribution in [2.75, 3.05) is 17.1 Å². The second kappa shape index (κ2) is 8.13. The monoisotopic (exact) mass is 380 g/mol. The number of aliphatic hydroxyl groups excluding tert-OH is 1. The molecule has 2 aromatic rings. The molecule has 0 fully saturated rings. The third-order valence-electron chi connectivity index (χ3n) is 3.16. The maximum Gasteiger partial charge on any atom is 0.274 e. The Hall–Kier alpha value is -2.38. The molecule has 7 nitrogen and oxygen atoms in total. The molecular weight excluding hydrogens is 364 g/mol. The molecule has 0 spiro atoms. The first-order valence-corrected chi connectivity index (χ1v) is 9.79. The number of carbonyl (C=O) groups excluding carboxylic acids is 1. The van der Waals surface area contributed by atoms with Crippen LogP contribution in [0.15, 0.2) is 41.8 Å². The molecule has 9 heteroatoms. The van der Waals surface area contributed by atoms with Gasteiger partial charge in [-0.1, -0.05) is 17.9 Å². The third-order valence-corrected chi connectivity index (χ3v) is 5.10. The van der Waals surface area contributed by atoms with Crippen molar-refractivity contribution in [3.05, 3.63) is 52.2 Å². The number of aliphatic hydroxyl groups is 1. The van der Waals surface area contributed by atoms with Gasteiger partial charge in [-0.05, 0) is 35.7 Å². The van der Waals surface area contributed by atoms with Gasteiger partial charge in [0, 0.05) is 5.56 Å². The molecule has 1 amide bonds. The van der Waals surface area contributed by atoms with Crippen LogP contribution < -0.4 is 9.79 Å². The molecule has 0 bridgehead atoms. The van der Waals surface area contributed by atoms with Gasteiger partial charge in [-0.15, -0.1) is 11.3 Å². The molecule has 25 heavy (non-hydrogen) atoms. The Balaban J connectivity index is 2.22. The maximum atomic E-state index is 11.9. The molecule has 0 saturated carbocycles. The molecule has 1 aromatic heterocycles. The van der Waals surface area contributed by atoms with Gasteiger partial charge < -0.3 is 5.11 Å². The van der Waals surface area contributed by atoms with Crippen molar-refractivity contribution in [3.8, 4) is 11.8 Å². The van der Waals surface area contributed by atoms with Crippen molar-refractivity contribution in [2.24, 2.45) is 0 Å². The van der Waals surface area contributed by atoms with E-state index in [-0.39, 0.29) is 5.69 Å². The van der Waals surface area contributed by atoms with Crippen LogP contribution in [-0.2, 0) is 14.8 Å². The number of sulfonamides is 1. The van der Waals surface area contributed by atoms with Crippen molar-refractivity contribution in [2.45, 2.75) is 6.10 Å². The number of rotatable bonds is 5. The molecule has 0 radical (unpaired) electrons. The first-order chi connectivity index (χ1) is 11.8. The van der Waals surface area contributed by atoms with Crippen molar-refractivity contribution >= 4 is 33.0 Å². The molecule has 1 aromatic carbocycles. The van der Waals surface area contributed by atoms with E-state index in [0.717, 1.165) is 15.4 Å². The molecule has 0 saturated heterocycles. The highest BCUT2D eigenvalue weighted by atomic mass is 32.2. The molecule has 0 aliphatic rings. The summed E-state index contributed by atoms with van der Waals surface area (Å²) in [7, 11) is -3.74. The van der Waals surface area contributed by atoms with Crippen molar-refractivity contribution < 1.29 is 23.5 Å². The van der Waals surface area contributed by atoms with E-state index in [1.807, 2.05) is 17.5 Å². The van der Waals surface area contributed by atoms with Gasteiger partial charge in [-0.3, -0.25) is 14.3 Å². The lowest BCUT2D eigenvalue weighted by Gasteiger charge is -2.24. The van der Waals surface area contributed by atoms with E-state index in [2.05, 4.69) is 11.8 Å². The molecule has 2 rings (SSSR count). The number of benzene rings is 1. The van der Waals surface area contributed by atoms with Gasteiger partial charge in [0.15, 0.2) is 6.10 Å². The highest BCUT2D eigenvalue weighted by Gasteiger charge is 2.24. The number of anilines is 1. The highest BCUT2D eigenvalue weighted by Crippen LogP contribution is 2.19. The standard InChI is InChI=1S/C16H16N2O5S2/c1-25(22,23)18(11-15(19)16(20)17-21)13-7-4-12(5-8-13)6-9-14-3-2-10-24-14/h2-5,7-8,10,15,19,21H,11H2,1H3,(H,17,20)/t15-/m0/s1. The number of hydrogen-bond acceptors (Lipinski definition) is 6. The Kier molecular flexibility index (Phi) is 6.17. The number of nitrogens with zero attached hydrogens (tertiary/aromatic N) is 1. The summed E-state index contributed by atoms with van der Waals surface area (Å²) in [5.41, 5.74) is 2.25. The van der Waals surface area contributed by atoms with Crippen molar-refractivity contribution in [3.63, 3.8) is 0 Å². The van der Waals surface area contributed by atoms with Crippen LogP contribution in [0, 0.1) is 11.8 Å². The Morgan fingerprint density at radius 2 is 1.96 bits per heavy atom. The van der Waals surface area contributed by atoms with Crippen LogP contribution >= 0.6 is 11.3 Å². The largest absolute Gasteiger partial charge is 0.381 e. The Bertz CT molecular complexity index is 881. The number of carbonyl (C=O) groups is 1. The Labute approximate surface area is 149 Å². The molecule has 0 aliphatic carbocycles. The summed E-state index contributed by atoms with van der Waals surface area (Å²) in [6.07, 6.45) is -0.751. The van der Waals surface area contributed by atoms with E-state index in [9.17, 15) is 18.3 Å². The lowest BCUT2D eigenvalue weighted by atomic mass is 10.2. The maximum absolute atomic E-state index is 11.9. The van der Waals surface area contributed by atoms with E-state index in [4.69, 9.17) is 5.21 Å². The van der Waals surface area contributed by atoms with Crippen LogP contribution in [0.3, 0.4) is 0 Å². The molecule has 1 heterocycles. The van der Waals surface area contributed by atoms with Crippen LogP contribution in [0.2, 0.25) is 0 Å². The number of nitrogens with one attached hydrogen (secondary N) is 1. The van der Waals surface area contributed by atoms with E-state index in [1.54, 1.807) is 12.1 Å². The fourth-order valence-electron chi connectivity index (χ4n) is 1.94. The molecule has 0 aliphatic heterocycles. The minimum Gasteiger partial charge on any atom is -0.381 e. The van der Waals surface area contributed by atoms with Gasteiger partial charge in [-0.25, -0.2) is 13.9 Å². The predicted molar refractivity (Wildman–Crippen MR) is 94.9 cm³/mol. The zero-order chi connectivity index (χ0) is 18.4. The van der Waals surface area contributed by atoms with Gasteiger partial charge in [0.2, 0.25) is 10.0 Å². The van der Waals surface area contributed by atoms with Gasteiger partial charge in [0.05, 0.1) is 23.4 Å². The normalized spacial score (nSPS) is 12.0. The van der Waals surface area contributed by atoms with E-state index < -0.39 is 28.6 Å². The van der Waals surface area contributed by atoms with Crippen molar-refractivity contribution in [1.82, 2.24) is 5.48 Å². The summed E-state index contributed by atoms with van der Waals surface area (Å²) in [6, 6.07) is 10.1. The molecule has 1 atom stereocenters. The van der Waals surface area contributed by atoms with Crippen LogP contribution in [0.25, 0.3) is 0 Å². The second-order valence-electron chi connectivity index (χ2n) is 5.06. The first-order valence-electron chi connectivity index (χ1n) is 7.06. The minimum atomic E-state index is -3.74. The summed E-state index contributed by atoms with van der Waals surface area (Å²) < 4.78 is 24.8. The number of hydrogen-bond donors (Lipinski definition) is 3. The van der Waals surface area contributed by atoms with E-state index in [1.165, 1.54) is 28.9 Å². The smallest absolute Gasteiger partial charge is 0.274 e. The van der Waals surface area contributed by atoms with E-state index in [0.29, 0.717) is 5.56 Å². The van der Waals surface area contributed by atoms with Gasteiger partial charge in [0.25, 0.3) is 5.91 Å². The van der Waals surface area contributed by atoms with Gasteiger partial charge in [0.1, 0.15) is 0 Å². The summed E-state index contributed by atoms with van der Waals surface area (Å²) >= 11 is 1.52. The number of amides is 1. The SMILES string of the molecule is CS(=O)(=O)N(C[C@H](O)C(=O)NO)c1ccc(C#Cc2cccs2)cc1. The summed E-state index contributed by atoms with van der Waals surface area (Å²) in [4.78, 5) is 12.1. The summed E-state index contributed by atoms with van der Waals surface area (Å²) in [5.74, 6) is 4.87. The highest BCUT2D eigenvalue weighted by molar-refractivity contribution is 7.92. The van der Waals surface area contributed by atoms with E-state index >= 15 is 0 Å². The zero-order valence-electron chi connectivity index (χ0n) is 13.2. The zero-order valence-corrected chi connectivity index (χ0v) is 14.8. The number of hydroxylamine groups is 1. The Morgan fingerprint density at radius 1 is 1.28 bits per heavy atom. The van der Waals surface area contributed by atoms with Crippen LogP contribution in [0.1, 0.15) is 10.4 Å². The fraction of sp³-hybridized carbons (Fsp3) is 0.188. The number of thiophene rings is 1.